The van der Waals surface area contributed by atoms with E-state index in [2.05, 4.69) is 4.74 Å². The molecule has 20 heavy (non-hydrogen) atoms. The van der Waals surface area contributed by atoms with E-state index >= 15 is 0 Å². The predicted molar refractivity (Wildman–Crippen MR) is 73.1 cm³/mol. The minimum Gasteiger partial charge on any atom is -0.507 e. The summed E-state index contributed by atoms with van der Waals surface area (Å²) >= 11 is 0. The fraction of sp³-hybridized carbons (Fsp3) is 0.133. The van der Waals surface area contributed by atoms with Crippen LogP contribution >= 0.6 is 0 Å². The van der Waals surface area contributed by atoms with E-state index in [1.165, 1.54) is 32.4 Å². The Morgan fingerprint density at radius 2 is 1.75 bits per heavy atom. The van der Waals surface area contributed by atoms with E-state index in [9.17, 15) is 15.0 Å². The molecule has 0 saturated carbocycles. The first-order valence-electron chi connectivity index (χ1n) is 5.86. The van der Waals surface area contributed by atoms with Crippen LogP contribution in [0.4, 0.5) is 0 Å². The summed E-state index contributed by atoms with van der Waals surface area (Å²) in [7, 11) is 2.64. The lowest BCUT2D eigenvalue weighted by Gasteiger charge is -2.12. The molecule has 5 heteroatoms. The molecule has 0 heterocycles. The van der Waals surface area contributed by atoms with Gasteiger partial charge in [0.1, 0.15) is 5.75 Å². The highest BCUT2D eigenvalue weighted by Gasteiger charge is 2.18. The van der Waals surface area contributed by atoms with E-state index in [0.717, 1.165) is 0 Å². The average molecular weight is 274 g/mol. The second-order valence-corrected chi connectivity index (χ2v) is 4.08. The van der Waals surface area contributed by atoms with Gasteiger partial charge in [0.2, 0.25) is 0 Å². The van der Waals surface area contributed by atoms with Crippen molar-refractivity contribution in [3.05, 3.63) is 42.0 Å². The van der Waals surface area contributed by atoms with Crippen molar-refractivity contribution < 1.29 is 24.5 Å². The second kappa shape index (κ2) is 5.52. The van der Waals surface area contributed by atoms with Crippen molar-refractivity contribution in [1.82, 2.24) is 0 Å². The van der Waals surface area contributed by atoms with Crippen LogP contribution in [0.3, 0.4) is 0 Å². The molecule has 5 nitrogen and oxygen atoms in total. The minimum absolute atomic E-state index is 0.00753. The molecule has 0 aliphatic carbocycles. The maximum atomic E-state index is 11.6. The van der Waals surface area contributed by atoms with Gasteiger partial charge in [-0.25, -0.2) is 4.79 Å². The number of carbonyl (C=O) groups excluding carboxylic acids is 1. The number of rotatable bonds is 3. The summed E-state index contributed by atoms with van der Waals surface area (Å²) < 4.78 is 9.70. The normalized spacial score (nSPS) is 10.1. The number of carbonyl (C=O) groups is 1. The Morgan fingerprint density at radius 1 is 1.05 bits per heavy atom. The molecule has 0 atom stereocenters. The molecule has 0 aromatic heterocycles. The van der Waals surface area contributed by atoms with Crippen LogP contribution in [0, 0.1) is 0 Å². The van der Waals surface area contributed by atoms with Crippen molar-refractivity contribution in [2.75, 3.05) is 14.2 Å². The van der Waals surface area contributed by atoms with Crippen LogP contribution in [0.1, 0.15) is 10.4 Å². The Morgan fingerprint density at radius 3 is 2.35 bits per heavy atom. The number of ether oxygens (including phenoxy) is 2. The third-order valence-electron chi connectivity index (χ3n) is 2.91. The number of methoxy groups -OCH3 is 2. The van der Waals surface area contributed by atoms with E-state index in [4.69, 9.17) is 4.74 Å². The summed E-state index contributed by atoms with van der Waals surface area (Å²) in [6, 6.07) is 9.32. The van der Waals surface area contributed by atoms with Gasteiger partial charge in [-0.15, -0.1) is 0 Å². The van der Waals surface area contributed by atoms with Crippen LogP contribution in [0.5, 0.6) is 17.2 Å². The van der Waals surface area contributed by atoms with Gasteiger partial charge in [-0.3, -0.25) is 0 Å². The largest absolute Gasteiger partial charge is 0.507 e. The number of esters is 1. The first kappa shape index (κ1) is 13.7. The Kier molecular flexibility index (Phi) is 3.79. The maximum Gasteiger partial charge on any atom is 0.338 e. The smallest absolute Gasteiger partial charge is 0.338 e. The topological polar surface area (TPSA) is 76.0 Å². The molecule has 0 unspecified atom stereocenters. The highest BCUT2D eigenvalue weighted by Crippen LogP contribution is 2.41. The molecule has 0 aliphatic heterocycles. The second-order valence-electron chi connectivity index (χ2n) is 4.08. The fourth-order valence-corrected chi connectivity index (χ4v) is 1.91. The molecule has 0 radical (unpaired) electrons. The van der Waals surface area contributed by atoms with Gasteiger partial charge >= 0.3 is 5.97 Å². The van der Waals surface area contributed by atoms with E-state index < -0.39 is 5.97 Å². The number of aromatic hydroxyl groups is 2. The molecular formula is C15H14O5. The van der Waals surface area contributed by atoms with Gasteiger partial charge < -0.3 is 19.7 Å². The number of para-hydroxylation sites is 1. The van der Waals surface area contributed by atoms with Gasteiger partial charge in [-0.05, 0) is 18.2 Å². The monoisotopic (exact) mass is 274 g/mol. The lowest BCUT2D eigenvalue weighted by molar-refractivity contribution is 0.0600. The van der Waals surface area contributed by atoms with Crippen LogP contribution in [0.15, 0.2) is 36.4 Å². The molecule has 0 amide bonds. The van der Waals surface area contributed by atoms with Crippen LogP contribution in [-0.2, 0) is 4.74 Å². The summed E-state index contributed by atoms with van der Waals surface area (Å²) in [6.45, 7) is 0. The van der Waals surface area contributed by atoms with E-state index in [1.807, 2.05) is 0 Å². The van der Waals surface area contributed by atoms with Crippen molar-refractivity contribution >= 4 is 5.97 Å². The van der Waals surface area contributed by atoms with Crippen LogP contribution in [-0.4, -0.2) is 30.4 Å². The first-order chi connectivity index (χ1) is 9.58. The first-order valence-corrected chi connectivity index (χ1v) is 5.86. The summed E-state index contributed by atoms with van der Waals surface area (Å²) in [6.07, 6.45) is 0. The lowest BCUT2D eigenvalue weighted by atomic mass is 10.0. The summed E-state index contributed by atoms with van der Waals surface area (Å²) in [5.41, 5.74) is 0.914. The van der Waals surface area contributed by atoms with E-state index in [-0.39, 0.29) is 22.8 Å². The molecule has 0 spiro atoms. The van der Waals surface area contributed by atoms with Crippen LogP contribution in [0.25, 0.3) is 11.1 Å². The Bertz CT molecular complexity index is 649. The van der Waals surface area contributed by atoms with Crippen molar-refractivity contribution in [3.8, 4) is 28.4 Å². The highest BCUT2D eigenvalue weighted by atomic mass is 16.5. The van der Waals surface area contributed by atoms with Crippen LogP contribution in [0.2, 0.25) is 0 Å². The minimum atomic E-state index is -0.556. The zero-order valence-electron chi connectivity index (χ0n) is 11.1. The molecule has 104 valence electrons. The third-order valence-corrected chi connectivity index (χ3v) is 2.91. The quantitative estimate of drug-likeness (QED) is 0.841. The summed E-state index contributed by atoms with van der Waals surface area (Å²) in [4.78, 5) is 11.6. The zero-order chi connectivity index (χ0) is 14.7. The third kappa shape index (κ3) is 2.38. The van der Waals surface area contributed by atoms with Crippen molar-refractivity contribution in [3.63, 3.8) is 0 Å². The van der Waals surface area contributed by atoms with Crippen molar-refractivity contribution in [2.45, 2.75) is 0 Å². The van der Waals surface area contributed by atoms with E-state index in [1.54, 1.807) is 18.2 Å². The lowest BCUT2D eigenvalue weighted by Crippen LogP contribution is -2.02. The van der Waals surface area contributed by atoms with Gasteiger partial charge in [0, 0.05) is 11.1 Å². The number of benzene rings is 2. The zero-order valence-corrected chi connectivity index (χ0v) is 11.1. The molecule has 2 rings (SSSR count). The molecular weight excluding hydrogens is 260 g/mol. The van der Waals surface area contributed by atoms with E-state index in [0.29, 0.717) is 11.1 Å². The number of phenolic OH excluding ortho intramolecular Hbond substituents is 2. The molecule has 0 aliphatic rings. The number of hydrogen-bond donors (Lipinski definition) is 2. The van der Waals surface area contributed by atoms with Gasteiger partial charge in [-0.1, -0.05) is 18.2 Å². The van der Waals surface area contributed by atoms with Crippen LogP contribution < -0.4 is 4.74 Å². The Hall–Kier alpha value is -2.69. The Balaban J connectivity index is 2.69. The predicted octanol–water partition coefficient (Wildman–Crippen LogP) is 2.56. The summed E-state index contributed by atoms with van der Waals surface area (Å²) in [5.74, 6) is -0.584. The summed E-state index contributed by atoms with van der Waals surface area (Å²) in [5, 5.41) is 20.0. The van der Waals surface area contributed by atoms with Crippen molar-refractivity contribution in [2.24, 2.45) is 0 Å². The molecule has 2 N–H and O–H groups in total. The molecule has 2 aromatic rings. The van der Waals surface area contributed by atoms with Gasteiger partial charge in [0.05, 0.1) is 19.8 Å². The molecule has 0 bridgehead atoms. The average Bonchev–Trinajstić information content (AvgIpc) is 2.47. The SMILES string of the molecule is COC(=O)c1cc(OC)c(O)c(-c2ccccc2O)c1. The van der Waals surface area contributed by atoms with Gasteiger partial charge in [0.15, 0.2) is 11.5 Å². The van der Waals surface area contributed by atoms with Gasteiger partial charge in [0.25, 0.3) is 0 Å². The number of hydrogen-bond acceptors (Lipinski definition) is 5. The maximum absolute atomic E-state index is 11.6. The van der Waals surface area contributed by atoms with Gasteiger partial charge in [-0.2, -0.15) is 0 Å². The Labute approximate surface area is 116 Å². The number of phenols is 2. The highest BCUT2D eigenvalue weighted by molar-refractivity contribution is 5.93. The van der Waals surface area contributed by atoms with Crippen molar-refractivity contribution in [1.29, 1.82) is 0 Å². The molecule has 0 saturated heterocycles. The molecule has 0 fully saturated rings. The standard InChI is InChI=1S/C15H14O5/c1-19-13-8-9(15(18)20-2)7-11(14(13)17)10-5-3-4-6-12(10)16/h3-8,16-17H,1-2H3. The molecule has 2 aromatic carbocycles. The fourth-order valence-electron chi connectivity index (χ4n) is 1.91.